The fourth-order valence-corrected chi connectivity index (χ4v) is 2.69. The first-order valence-electron chi connectivity index (χ1n) is 6.73. The van der Waals surface area contributed by atoms with Gasteiger partial charge in [0, 0.05) is 25.0 Å². The second-order valence-electron chi connectivity index (χ2n) is 4.87. The van der Waals surface area contributed by atoms with Crippen molar-refractivity contribution < 1.29 is 0 Å². The molecule has 1 fully saturated rings. The Bertz CT molecular complexity index is 320. The number of hydrogen-bond donors (Lipinski definition) is 1. The molecule has 1 unspecified atom stereocenters. The largest absolute Gasteiger partial charge is 0.330 e. The molecule has 3 nitrogen and oxygen atoms in total. The van der Waals surface area contributed by atoms with Gasteiger partial charge in [0.15, 0.2) is 0 Å². The van der Waals surface area contributed by atoms with Crippen molar-refractivity contribution >= 4 is 24.8 Å². The number of hydrogen-bond acceptors (Lipinski definition) is 3. The molecular weight excluding hydrogens is 281 g/mol. The van der Waals surface area contributed by atoms with Crippen LogP contribution >= 0.6 is 24.8 Å². The molecule has 0 aliphatic carbocycles. The van der Waals surface area contributed by atoms with Crippen LogP contribution in [0.15, 0.2) is 24.5 Å². The molecule has 110 valence electrons. The van der Waals surface area contributed by atoms with Crippen LogP contribution in [0, 0.1) is 0 Å². The molecule has 0 bridgehead atoms. The van der Waals surface area contributed by atoms with E-state index in [0.717, 1.165) is 25.9 Å². The Kier molecular flexibility index (Phi) is 10.2. The van der Waals surface area contributed by atoms with Crippen molar-refractivity contribution in [2.45, 2.75) is 38.1 Å². The lowest BCUT2D eigenvalue weighted by atomic mass is 9.99. The van der Waals surface area contributed by atoms with Gasteiger partial charge in [0.2, 0.25) is 0 Å². The summed E-state index contributed by atoms with van der Waals surface area (Å²) in [6, 6.07) is 4.89. The summed E-state index contributed by atoms with van der Waals surface area (Å²) in [6.07, 6.45) is 10.1. The fraction of sp³-hybridized carbons (Fsp3) is 0.643. The maximum absolute atomic E-state index is 5.69. The van der Waals surface area contributed by atoms with Gasteiger partial charge in [-0.3, -0.25) is 4.98 Å². The summed E-state index contributed by atoms with van der Waals surface area (Å²) in [4.78, 5) is 6.78. The van der Waals surface area contributed by atoms with E-state index in [1.807, 2.05) is 18.5 Å². The van der Waals surface area contributed by atoms with E-state index in [-0.39, 0.29) is 24.8 Å². The SMILES string of the molecule is Cl.Cl.NCCC1CCCCN1CCc1cccnc1. The highest BCUT2D eigenvalue weighted by Crippen LogP contribution is 2.19. The van der Waals surface area contributed by atoms with Crippen LogP contribution in [0.4, 0.5) is 0 Å². The van der Waals surface area contributed by atoms with Gasteiger partial charge in [-0.15, -0.1) is 24.8 Å². The Hall–Kier alpha value is -0.350. The summed E-state index contributed by atoms with van der Waals surface area (Å²) < 4.78 is 0. The summed E-state index contributed by atoms with van der Waals surface area (Å²) in [5.74, 6) is 0. The minimum atomic E-state index is 0. The maximum atomic E-state index is 5.69. The topological polar surface area (TPSA) is 42.1 Å². The minimum absolute atomic E-state index is 0. The van der Waals surface area contributed by atoms with Crippen molar-refractivity contribution in [2.75, 3.05) is 19.6 Å². The van der Waals surface area contributed by atoms with Gasteiger partial charge in [0.25, 0.3) is 0 Å². The second-order valence-corrected chi connectivity index (χ2v) is 4.87. The lowest BCUT2D eigenvalue weighted by molar-refractivity contribution is 0.144. The van der Waals surface area contributed by atoms with Crippen molar-refractivity contribution in [3.63, 3.8) is 0 Å². The number of nitrogens with zero attached hydrogens (tertiary/aromatic N) is 2. The van der Waals surface area contributed by atoms with Crippen molar-refractivity contribution in [3.05, 3.63) is 30.1 Å². The van der Waals surface area contributed by atoms with E-state index in [2.05, 4.69) is 16.0 Å². The van der Waals surface area contributed by atoms with Crippen molar-refractivity contribution in [3.8, 4) is 0 Å². The average Bonchev–Trinajstić information content (AvgIpc) is 2.39. The Labute approximate surface area is 128 Å². The molecule has 2 rings (SSSR count). The van der Waals surface area contributed by atoms with Crippen LogP contribution in [0.3, 0.4) is 0 Å². The van der Waals surface area contributed by atoms with E-state index in [9.17, 15) is 0 Å². The van der Waals surface area contributed by atoms with E-state index < -0.39 is 0 Å². The average molecular weight is 306 g/mol. The van der Waals surface area contributed by atoms with E-state index in [0.29, 0.717) is 6.04 Å². The summed E-state index contributed by atoms with van der Waals surface area (Å²) in [7, 11) is 0. The maximum Gasteiger partial charge on any atom is 0.0300 e. The van der Waals surface area contributed by atoms with Crippen LogP contribution in [-0.4, -0.2) is 35.6 Å². The number of halogens is 2. The number of pyridine rings is 1. The third-order valence-electron chi connectivity index (χ3n) is 3.66. The van der Waals surface area contributed by atoms with Crippen LogP contribution < -0.4 is 5.73 Å². The molecule has 2 N–H and O–H groups in total. The molecule has 5 heteroatoms. The Morgan fingerprint density at radius 2 is 2.16 bits per heavy atom. The van der Waals surface area contributed by atoms with Crippen molar-refractivity contribution in [2.24, 2.45) is 5.73 Å². The summed E-state index contributed by atoms with van der Waals surface area (Å²) in [6.45, 7) is 3.20. The van der Waals surface area contributed by atoms with Gasteiger partial charge >= 0.3 is 0 Å². The third-order valence-corrected chi connectivity index (χ3v) is 3.66. The monoisotopic (exact) mass is 305 g/mol. The zero-order valence-electron chi connectivity index (χ0n) is 11.3. The number of piperidine rings is 1. The minimum Gasteiger partial charge on any atom is -0.330 e. The lowest BCUT2D eigenvalue weighted by Gasteiger charge is -2.35. The molecule has 2 heterocycles. The third kappa shape index (κ3) is 6.09. The molecule has 1 atom stereocenters. The van der Waals surface area contributed by atoms with Gasteiger partial charge in [-0.25, -0.2) is 0 Å². The van der Waals surface area contributed by atoms with E-state index in [1.165, 1.54) is 31.4 Å². The molecule has 1 aromatic rings. The molecule has 1 aliphatic heterocycles. The standard InChI is InChI=1S/C14H23N3.2ClH/c15-8-6-14-5-1-2-10-17(14)11-7-13-4-3-9-16-12-13;;/h3-4,9,12,14H,1-2,5-8,10-11,15H2;2*1H. The normalized spacial score (nSPS) is 19.3. The summed E-state index contributed by atoms with van der Waals surface area (Å²) in [5, 5.41) is 0. The Morgan fingerprint density at radius 1 is 1.32 bits per heavy atom. The van der Waals surface area contributed by atoms with Crippen LogP contribution in [-0.2, 0) is 6.42 Å². The highest BCUT2D eigenvalue weighted by atomic mass is 35.5. The molecule has 0 radical (unpaired) electrons. The second kappa shape index (κ2) is 10.4. The van der Waals surface area contributed by atoms with Crippen molar-refractivity contribution in [1.29, 1.82) is 0 Å². The van der Waals surface area contributed by atoms with Gasteiger partial charge in [-0.05, 0) is 50.4 Å². The highest BCUT2D eigenvalue weighted by molar-refractivity contribution is 5.85. The number of nitrogens with two attached hydrogens (primary N) is 1. The first-order chi connectivity index (χ1) is 8.40. The summed E-state index contributed by atoms with van der Waals surface area (Å²) >= 11 is 0. The van der Waals surface area contributed by atoms with Gasteiger partial charge in [-0.2, -0.15) is 0 Å². The molecule has 0 saturated carbocycles. The van der Waals surface area contributed by atoms with Crippen LogP contribution in [0.2, 0.25) is 0 Å². The smallest absolute Gasteiger partial charge is 0.0300 e. The number of rotatable bonds is 5. The molecule has 19 heavy (non-hydrogen) atoms. The molecule has 0 spiro atoms. The van der Waals surface area contributed by atoms with Gasteiger partial charge in [0.05, 0.1) is 0 Å². The fourth-order valence-electron chi connectivity index (χ4n) is 2.69. The molecule has 0 aromatic carbocycles. The molecule has 0 amide bonds. The highest BCUT2D eigenvalue weighted by Gasteiger charge is 2.20. The van der Waals surface area contributed by atoms with Gasteiger partial charge < -0.3 is 10.6 Å². The predicted octanol–water partition coefficient (Wildman–Crippen LogP) is 2.67. The van der Waals surface area contributed by atoms with Gasteiger partial charge in [-0.1, -0.05) is 12.5 Å². The van der Waals surface area contributed by atoms with Crippen LogP contribution in [0.25, 0.3) is 0 Å². The first kappa shape index (κ1) is 18.7. The molecule has 1 saturated heterocycles. The van der Waals surface area contributed by atoms with Crippen LogP contribution in [0.5, 0.6) is 0 Å². The first-order valence-corrected chi connectivity index (χ1v) is 6.73. The Morgan fingerprint density at radius 3 is 2.84 bits per heavy atom. The molecule has 1 aliphatic rings. The zero-order valence-corrected chi connectivity index (χ0v) is 13.0. The van der Waals surface area contributed by atoms with E-state index in [4.69, 9.17) is 5.73 Å². The quantitative estimate of drug-likeness (QED) is 0.909. The predicted molar refractivity (Wildman–Crippen MR) is 85.3 cm³/mol. The summed E-state index contributed by atoms with van der Waals surface area (Å²) in [5.41, 5.74) is 7.03. The number of likely N-dealkylation sites (tertiary alicyclic amines) is 1. The number of aromatic nitrogens is 1. The lowest BCUT2D eigenvalue weighted by Crippen LogP contribution is -2.41. The van der Waals surface area contributed by atoms with Crippen LogP contribution in [0.1, 0.15) is 31.2 Å². The zero-order chi connectivity index (χ0) is 11.9. The van der Waals surface area contributed by atoms with Gasteiger partial charge in [0.1, 0.15) is 0 Å². The van der Waals surface area contributed by atoms with E-state index >= 15 is 0 Å². The van der Waals surface area contributed by atoms with E-state index in [1.54, 1.807) is 0 Å². The molecule has 1 aromatic heterocycles. The van der Waals surface area contributed by atoms with Crippen molar-refractivity contribution in [1.82, 2.24) is 9.88 Å². The molecular formula is C14H25Cl2N3. The Balaban J connectivity index is 0.00000162.